The Morgan fingerprint density at radius 2 is 2.05 bits per heavy atom. The van der Waals surface area contributed by atoms with Gasteiger partial charge in [-0.2, -0.15) is 0 Å². The van der Waals surface area contributed by atoms with Crippen LogP contribution in [-0.2, 0) is 23.9 Å². The van der Waals surface area contributed by atoms with Crippen LogP contribution >= 0.6 is 0 Å². The van der Waals surface area contributed by atoms with Crippen molar-refractivity contribution in [1.29, 1.82) is 0 Å². The molecule has 1 atom stereocenters. The predicted molar refractivity (Wildman–Crippen MR) is 82.0 cm³/mol. The van der Waals surface area contributed by atoms with E-state index in [-0.39, 0.29) is 17.7 Å². The molecule has 0 aromatic carbocycles. The third-order valence-corrected chi connectivity index (χ3v) is 3.36. The highest BCUT2D eigenvalue weighted by atomic mass is 16.5. The van der Waals surface area contributed by atoms with E-state index in [1.165, 1.54) is 13.0 Å². The predicted octanol–water partition coefficient (Wildman–Crippen LogP) is 2.74. The molecule has 1 heterocycles. The quantitative estimate of drug-likeness (QED) is 0.509. The van der Waals surface area contributed by atoms with E-state index in [1.54, 1.807) is 6.08 Å². The largest absolute Gasteiger partial charge is 0.458 e. The Morgan fingerprint density at radius 3 is 2.55 bits per heavy atom. The summed E-state index contributed by atoms with van der Waals surface area (Å²) in [6.45, 7) is 7.25. The molecule has 122 valence electrons. The number of allylic oxidation sites excluding steroid dienone is 1. The van der Waals surface area contributed by atoms with Gasteiger partial charge in [0.05, 0.1) is 0 Å². The first kappa shape index (κ1) is 18.1. The van der Waals surface area contributed by atoms with Crippen LogP contribution in [0.2, 0.25) is 0 Å². The van der Waals surface area contributed by atoms with Crippen LogP contribution in [0.15, 0.2) is 23.3 Å². The fraction of sp³-hybridized carbons (Fsp3) is 0.588. The molecule has 0 aliphatic carbocycles. The van der Waals surface area contributed by atoms with Gasteiger partial charge in [-0.3, -0.25) is 9.59 Å². The number of cyclic esters (lactones) is 1. The summed E-state index contributed by atoms with van der Waals surface area (Å²) in [4.78, 5) is 34.1. The van der Waals surface area contributed by atoms with Crippen molar-refractivity contribution >= 4 is 17.7 Å². The number of hydrogen-bond acceptors (Lipinski definition) is 5. The van der Waals surface area contributed by atoms with Crippen molar-refractivity contribution in [1.82, 2.24) is 0 Å². The van der Waals surface area contributed by atoms with E-state index < -0.39 is 12.1 Å². The number of ketones is 1. The van der Waals surface area contributed by atoms with Crippen molar-refractivity contribution in [3.05, 3.63) is 23.3 Å². The van der Waals surface area contributed by atoms with Crippen LogP contribution in [0.5, 0.6) is 0 Å². The molecule has 0 fully saturated rings. The van der Waals surface area contributed by atoms with Crippen molar-refractivity contribution in [3.63, 3.8) is 0 Å². The van der Waals surface area contributed by atoms with Gasteiger partial charge >= 0.3 is 11.9 Å². The minimum absolute atomic E-state index is 0.0627. The van der Waals surface area contributed by atoms with Gasteiger partial charge in [0, 0.05) is 13.0 Å². The molecule has 5 heteroatoms. The highest BCUT2D eigenvalue weighted by Gasteiger charge is 2.23. The number of hydrogen-bond donors (Lipinski definition) is 0. The highest BCUT2D eigenvalue weighted by molar-refractivity contribution is 5.95. The molecule has 0 saturated heterocycles. The third-order valence-electron chi connectivity index (χ3n) is 3.36. The molecule has 5 nitrogen and oxygen atoms in total. The Hall–Kier alpha value is -1.91. The molecule has 0 saturated carbocycles. The number of esters is 2. The van der Waals surface area contributed by atoms with Crippen molar-refractivity contribution in [3.8, 4) is 0 Å². The lowest BCUT2D eigenvalue weighted by Crippen LogP contribution is -2.30. The van der Waals surface area contributed by atoms with E-state index in [0.29, 0.717) is 6.61 Å². The van der Waals surface area contributed by atoms with Gasteiger partial charge in [-0.1, -0.05) is 19.4 Å². The number of carbonyl (C=O) groups excluding carboxylic acids is 3. The average Bonchev–Trinajstić information content (AvgIpc) is 2.81. The molecule has 1 rings (SSSR count). The summed E-state index contributed by atoms with van der Waals surface area (Å²) in [7, 11) is 0. The second kappa shape index (κ2) is 8.51. The Morgan fingerprint density at radius 1 is 1.36 bits per heavy atom. The van der Waals surface area contributed by atoms with Crippen LogP contribution < -0.4 is 0 Å². The molecule has 1 aliphatic rings. The smallest absolute Gasteiger partial charge is 0.331 e. The first-order chi connectivity index (χ1) is 10.3. The van der Waals surface area contributed by atoms with Crippen LogP contribution in [0, 0.1) is 5.92 Å². The number of rotatable bonds is 8. The van der Waals surface area contributed by atoms with Gasteiger partial charge < -0.3 is 9.47 Å². The van der Waals surface area contributed by atoms with Crippen molar-refractivity contribution < 1.29 is 23.9 Å². The van der Waals surface area contributed by atoms with Crippen LogP contribution in [0.25, 0.3) is 0 Å². The molecule has 1 aliphatic heterocycles. The van der Waals surface area contributed by atoms with Crippen LogP contribution in [0.1, 0.15) is 47.0 Å². The van der Waals surface area contributed by atoms with E-state index in [0.717, 1.165) is 30.4 Å². The van der Waals surface area contributed by atoms with E-state index >= 15 is 0 Å². The van der Waals surface area contributed by atoms with Gasteiger partial charge in [-0.25, -0.2) is 4.79 Å². The zero-order valence-corrected chi connectivity index (χ0v) is 13.7. The summed E-state index contributed by atoms with van der Waals surface area (Å²) in [5.74, 6) is -0.969. The summed E-state index contributed by atoms with van der Waals surface area (Å²) < 4.78 is 9.91. The number of carbonyl (C=O) groups is 3. The molecule has 0 bridgehead atoms. The maximum Gasteiger partial charge on any atom is 0.331 e. The topological polar surface area (TPSA) is 69.7 Å². The highest BCUT2D eigenvalue weighted by Crippen LogP contribution is 2.17. The molecule has 22 heavy (non-hydrogen) atoms. The standard InChI is InChI=1S/C17H24O5/c1-11(2)17(22-13(4)18)15(19)8-12(3)6-5-7-14-9-16(20)21-10-14/h8-9,11,17H,5-7,10H2,1-4H3. The monoisotopic (exact) mass is 308 g/mol. The van der Waals surface area contributed by atoms with Crippen molar-refractivity contribution in [2.75, 3.05) is 6.61 Å². The van der Waals surface area contributed by atoms with Crippen LogP contribution in [0.4, 0.5) is 0 Å². The fourth-order valence-corrected chi connectivity index (χ4v) is 2.25. The van der Waals surface area contributed by atoms with E-state index in [2.05, 4.69) is 0 Å². The molecular formula is C17H24O5. The van der Waals surface area contributed by atoms with Crippen LogP contribution in [-0.4, -0.2) is 30.4 Å². The summed E-state index contributed by atoms with van der Waals surface area (Å²) in [5.41, 5.74) is 1.93. The van der Waals surface area contributed by atoms with Gasteiger partial charge in [0.1, 0.15) is 6.61 Å². The SMILES string of the molecule is CC(=O)OC(C(=O)C=C(C)CCCC1=CC(=O)OC1)C(C)C. The van der Waals surface area contributed by atoms with Gasteiger partial charge in [-0.15, -0.1) is 0 Å². The zero-order valence-electron chi connectivity index (χ0n) is 13.7. The molecule has 0 aromatic heterocycles. The lowest BCUT2D eigenvalue weighted by molar-refractivity contribution is -0.154. The Bertz CT molecular complexity index is 499. The van der Waals surface area contributed by atoms with Gasteiger partial charge in [0.15, 0.2) is 11.9 Å². The van der Waals surface area contributed by atoms with Gasteiger partial charge in [0.2, 0.25) is 0 Å². The minimum Gasteiger partial charge on any atom is -0.458 e. The minimum atomic E-state index is -0.726. The molecule has 0 aromatic rings. The van der Waals surface area contributed by atoms with E-state index in [4.69, 9.17) is 9.47 Å². The maximum absolute atomic E-state index is 12.2. The summed E-state index contributed by atoms with van der Waals surface area (Å²) in [6.07, 6.45) is 4.73. The van der Waals surface area contributed by atoms with E-state index in [9.17, 15) is 14.4 Å². The summed E-state index contributed by atoms with van der Waals surface area (Å²) >= 11 is 0. The first-order valence-electron chi connectivity index (χ1n) is 7.54. The molecule has 1 unspecified atom stereocenters. The van der Waals surface area contributed by atoms with Crippen molar-refractivity contribution in [2.45, 2.75) is 53.1 Å². The summed E-state index contributed by atoms with van der Waals surface area (Å²) in [6, 6.07) is 0. The Labute approximate surface area is 131 Å². The second-order valence-corrected chi connectivity index (χ2v) is 5.93. The second-order valence-electron chi connectivity index (χ2n) is 5.93. The first-order valence-corrected chi connectivity index (χ1v) is 7.54. The molecule has 0 spiro atoms. The summed E-state index contributed by atoms with van der Waals surface area (Å²) in [5, 5.41) is 0. The number of ether oxygens (including phenoxy) is 2. The van der Waals surface area contributed by atoms with Gasteiger partial charge in [-0.05, 0) is 43.8 Å². The normalized spacial score (nSPS) is 16.3. The Kier molecular flexibility index (Phi) is 7.02. The third kappa shape index (κ3) is 6.24. The Balaban J connectivity index is 2.48. The lowest BCUT2D eigenvalue weighted by atomic mass is 9.99. The molecule has 0 N–H and O–H groups in total. The zero-order chi connectivity index (χ0) is 16.7. The maximum atomic E-state index is 12.2. The molecule has 0 amide bonds. The molecular weight excluding hydrogens is 284 g/mol. The van der Waals surface area contributed by atoms with Crippen molar-refractivity contribution in [2.24, 2.45) is 5.92 Å². The van der Waals surface area contributed by atoms with Crippen LogP contribution in [0.3, 0.4) is 0 Å². The molecule has 0 radical (unpaired) electrons. The fourth-order valence-electron chi connectivity index (χ4n) is 2.25. The lowest BCUT2D eigenvalue weighted by Gasteiger charge is -2.18. The van der Waals surface area contributed by atoms with Gasteiger partial charge in [0.25, 0.3) is 0 Å². The van der Waals surface area contributed by atoms with E-state index in [1.807, 2.05) is 20.8 Å². The average molecular weight is 308 g/mol.